The molecule has 2 N–H and O–H groups in total. The summed E-state index contributed by atoms with van der Waals surface area (Å²) in [6.07, 6.45) is 3.49. The van der Waals surface area contributed by atoms with Crippen molar-refractivity contribution in [2.75, 3.05) is 16.2 Å². The Bertz CT molecular complexity index is 1370. The van der Waals surface area contributed by atoms with Crippen molar-refractivity contribution in [2.24, 2.45) is 0 Å². The maximum absolute atomic E-state index is 13.7. The maximum Gasteiger partial charge on any atom is 0.266 e. The number of hydrogen-bond acceptors (Lipinski definition) is 6. The summed E-state index contributed by atoms with van der Waals surface area (Å²) in [6, 6.07) is 16.4. The van der Waals surface area contributed by atoms with E-state index in [1.807, 2.05) is 18.2 Å². The molecule has 3 aromatic rings. The predicted molar refractivity (Wildman–Crippen MR) is 125 cm³/mol. The van der Waals surface area contributed by atoms with Gasteiger partial charge >= 0.3 is 0 Å². The molecule has 0 unspecified atom stereocenters. The van der Waals surface area contributed by atoms with Crippen LogP contribution >= 0.6 is 0 Å². The summed E-state index contributed by atoms with van der Waals surface area (Å²) in [5.74, 6) is -1.09. The van der Waals surface area contributed by atoms with Crippen LogP contribution in [0.3, 0.4) is 0 Å². The zero-order valence-electron chi connectivity index (χ0n) is 18.0. The fraction of sp³-hybridized carbons (Fsp3) is 0.167. The molecule has 2 heterocycles. The van der Waals surface area contributed by atoms with Crippen molar-refractivity contribution in [3.8, 4) is 6.07 Å². The molecule has 1 aromatic heterocycles. The van der Waals surface area contributed by atoms with E-state index >= 15 is 0 Å². The molecule has 0 aliphatic carbocycles. The number of para-hydroxylation sites is 2. The van der Waals surface area contributed by atoms with Crippen LogP contribution in [0.15, 0.2) is 78.0 Å². The molecule has 1 aliphatic heterocycles. The molecule has 10 heteroatoms. The number of carbonyl (C=O) groups is 2. The number of nitrogens with one attached hydrogen (secondary N) is 2. The van der Waals surface area contributed by atoms with Gasteiger partial charge in [0.2, 0.25) is 11.8 Å². The zero-order valence-corrected chi connectivity index (χ0v) is 18.8. The molecule has 0 saturated heterocycles. The third-order valence-corrected chi connectivity index (χ3v) is 7.27. The summed E-state index contributed by atoms with van der Waals surface area (Å²) in [5.41, 5.74) is 1.47. The van der Waals surface area contributed by atoms with Gasteiger partial charge in [-0.15, -0.1) is 0 Å². The van der Waals surface area contributed by atoms with Gasteiger partial charge in [0, 0.05) is 18.9 Å². The second-order valence-corrected chi connectivity index (χ2v) is 9.37. The van der Waals surface area contributed by atoms with Gasteiger partial charge in [0.1, 0.15) is 17.0 Å². The number of amides is 2. The van der Waals surface area contributed by atoms with Crippen molar-refractivity contribution in [1.82, 2.24) is 10.3 Å². The van der Waals surface area contributed by atoms with Crippen LogP contribution in [0.5, 0.6) is 0 Å². The predicted octanol–water partition coefficient (Wildman–Crippen LogP) is 2.22. The smallest absolute Gasteiger partial charge is 0.266 e. The highest BCUT2D eigenvalue weighted by Gasteiger charge is 2.42. The lowest BCUT2D eigenvalue weighted by Crippen LogP contribution is -2.52. The molecule has 2 aromatic carbocycles. The summed E-state index contributed by atoms with van der Waals surface area (Å²) in [7, 11) is -4.35. The number of anilines is 2. The van der Waals surface area contributed by atoms with E-state index in [4.69, 9.17) is 0 Å². The van der Waals surface area contributed by atoms with Gasteiger partial charge in [-0.1, -0.05) is 24.3 Å². The van der Waals surface area contributed by atoms with Crippen molar-refractivity contribution in [2.45, 2.75) is 23.8 Å². The van der Waals surface area contributed by atoms with Crippen LogP contribution < -0.4 is 14.9 Å². The average molecular weight is 476 g/mol. The first-order valence-electron chi connectivity index (χ1n) is 10.5. The van der Waals surface area contributed by atoms with Gasteiger partial charge in [0.25, 0.3) is 10.0 Å². The number of rotatable bonds is 7. The van der Waals surface area contributed by atoms with Gasteiger partial charge < -0.3 is 10.6 Å². The van der Waals surface area contributed by atoms with E-state index in [0.717, 1.165) is 9.87 Å². The number of hydrogen-bond donors (Lipinski definition) is 2. The third kappa shape index (κ3) is 4.60. The number of nitrogens with zero attached hydrogens (tertiary/aromatic N) is 3. The Morgan fingerprint density at radius 2 is 1.79 bits per heavy atom. The molecule has 0 radical (unpaired) electrons. The summed E-state index contributed by atoms with van der Waals surface area (Å²) >= 11 is 0. The van der Waals surface area contributed by atoms with Crippen molar-refractivity contribution in [1.29, 1.82) is 5.26 Å². The van der Waals surface area contributed by atoms with E-state index in [-0.39, 0.29) is 22.6 Å². The summed E-state index contributed by atoms with van der Waals surface area (Å²) in [5, 5.41) is 14.9. The molecule has 1 atom stereocenters. The van der Waals surface area contributed by atoms with Gasteiger partial charge in [0.05, 0.1) is 23.4 Å². The molecular weight excluding hydrogens is 454 g/mol. The highest BCUT2D eigenvalue weighted by atomic mass is 32.2. The zero-order chi connectivity index (χ0) is 24.1. The Morgan fingerprint density at radius 1 is 1.09 bits per heavy atom. The molecule has 0 spiro atoms. The lowest BCUT2D eigenvalue weighted by atomic mass is 10.1. The monoisotopic (exact) mass is 475 g/mol. The number of benzene rings is 2. The van der Waals surface area contributed by atoms with Crippen LogP contribution in [0.4, 0.5) is 11.4 Å². The van der Waals surface area contributed by atoms with Crippen LogP contribution in [0.25, 0.3) is 0 Å². The van der Waals surface area contributed by atoms with E-state index in [1.165, 1.54) is 18.2 Å². The number of carbonyl (C=O) groups excluding carboxylic acids is 2. The molecule has 9 nitrogen and oxygen atoms in total. The highest BCUT2D eigenvalue weighted by Crippen LogP contribution is 2.37. The summed E-state index contributed by atoms with van der Waals surface area (Å²) in [6.45, 7) is 0.317. The number of fused-ring (bicyclic) bond motifs is 1. The first kappa shape index (κ1) is 22.9. The van der Waals surface area contributed by atoms with Crippen LogP contribution in [-0.2, 0) is 26.0 Å². The van der Waals surface area contributed by atoms with Crippen LogP contribution in [-0.4, -0.2) is 37.8 Å². The molecule has 1 aliphatic rings. The lowest BCUT2D eigenvalue weighted by Gasteiger charge is -2.36. The molecular formula is C24H21N5O4S. The first-order chi connectivity index (χ1) is 16.4. The minimum Gasteiger partial charge on any atom is -0.356 e. The summed E-state index contributed by atoms with van der Waals surface area (Å²) < 4.78 is 28.4. The number of pyridine rings is 1. The number of aromatic nitrogens is 1. The Hall–Kier alpha value is -4.23. The third-order valence-electron chi connectivity index (χ3n) is 5.39. The molecule has 0 bridgehead atoms. The van der Waals surface area contributed by atoms with Gasteiger partial charge in [0.15, 0.2) is 0 Å². The average Bonchev–Trinajstić information content (AvgIpc) is 2.85. The molecule has 2 amide bonds. The van der Waals surface area contributed by atoms with Gasteiger partial charge in [-0.3, -0.25) is 18.9 Å². The van der Waals surface area contributed by atoms with E-state index in [1.54, 1.807) is 42.7 Å². The molecule has 34 heavy (non-hydrogen) atoms. The van der Waals surface area contributed by atoms with Crippen LogP contribution in [0, 0.1) is 11.3 Å². The second-order valence-electron chi connectivity index (χ2n) is 7.59. The molecule has 0 saturated carbocycles. The fourth-order valence-corrected chi connectivity index (χ4v) is 5.55. The quantitative estimate of drug-likeness (QED) is 0.538. The number of sulfonamides is 1. The van der Waals surface area contributed by atoms with Crippen molar-refractivity contribution in [3.05, 3.63) is 84.2 Å². The van der Waals surface area contributed by atoms with Gasteiger partial charge in [-0.05, 0) is 48.4 Å². The van der Waals surface area contributed by atoms with Crippen molar-refractivity contribution >= 4 is 33.2 Å². The normalized spacial score (nSPS) is 15.1. The Kier molecular flexibility index (Phi) is 6.56. The van der Waals surface area contributed by atoms with Crippen LogP contribution in [0.2, 0.25) is 0 Å². The minimum absolute atomic E-state index is 0.0495. The SMILES string of the molecule is N#Cc1ccccc1S(=O)(=O)N1c2ccccc2NC(=O)[C@H]1CC(=O)NCCc1ccncc1. The summed E-state index contributed by atoms with van der Waals surface area (Å²) in [4.78, 5) is 29.4. The van der Waals surface area contributed by atoms with E-state index < -0.39 is 27.9 Å². The molecule has 0 fully saturated rings. The molecule has 4 rings (SSSR count). The van der Waals surface area contributed by atoms with Crippen molar-refractivity contribution < 1.29 is 18.0 Å². The Labute approximate surface area is 197 Å². The largest absolute Gasteiger partial charge is 0.356 e. The van der Waals surface area contributed by atoms with Crippen molar-refractivity contribution in [3.63, 3.8) is 0 Å². The Balaban J connectivity index is 1.63. The lowest BCUT2D eigenvalue weighted by molar-refractivity contribution is -0.125. The van der Waals surface area contributed by atoms with E-state index in [9.17, 15) is 23.3 Å². The topological polar surface area (TPSA) is 132 Å². The Morgan fingerprint density at radius 3 is 2.56 bits per heavy atom. The second kappa shape index (κ2) is 9.72. The van der Waals surface area contributed by atoms with E-state index in [2.05, 4.69) is 15.6 Å². The molecule has 172 valence electrons. The van der Waals surface area contributed by atoms with Gasteiger partial charge in [-0.25, -0.2) is 8.42 Å². The minimum atomic E-state index is -4.35. The number of nitriles is 1. The highest BCUT2D eigenvalue weighted by molar-refractivity contribution is 7.93. The van der Waals surface area contributed by atoms with E-state index in [0.29, 0.717) is 18.7 Å². The maximum atomic E-state index is 13.7. The van der Waals surface area contributed by atoms with Gasteiger partial charge in [-0.2, -0.15) is 5.26 Å². The van der Waals surface area contributed by atoms with Crippen LogP contribution in [0.1, 0.15) is 17.5 Å². The first-order valence-corrected chi connectivity index (χ1v) is 11.9. The standard InChI is InChI=1S/C24H21N5O4S/c25-16-18-5-1-4-8-22(18)34(32,33)29-20-7-3-2-6-19(20)28-24(31)21(29)15-23(30)27-14-11-17-9-12-26-13-10-17/h1-10,12-13,21H,11,14-15H2,(H,27,30)(H,28,31)/t21-/m1/s1. The fourth-order valence-electron chi connectivity index (χ4n) is 3.77.